The number of fused-ring (bicyclic) bond motifs is 2. The lowest BCUT2D eigenvalue weighted by atomic mass is 10.00. The first-order valence-electron chi connectivity index (χ1n) is 13.0. The number of methoxy groups -OCH3 is 2. The number of carboxylic acid groups (broad SMARTS) is 1. The third-order valence-corrected chi connectivity index (χ3v) is 7.57. The van der Waals surface area contributed by atoms with Gasteiger partial charge in [0, 0.05) is 53.8 Å². The Labute approximate surface area is 235 Å². The number of carbonyl (C=O) groups excluding carboxylic acids is 1. The summed E-state index contributed by atoms with van der Waals surface area (Å²) in [7, 11) is 3.11. The number of carbonyl (C=O) groups is 2. The van der Waals surface area contributed by atoms with E-state index in [0.717, 1.165) is 46.7 Å². The molecule has 1 amide bonds. The van der Waals surface area contributed by atoms with Gasteiger partial charge in [-0.3, -0.25) is 4.79 Å². The van der Waals surface area contributed by atoms with Crippen molar-refractivity contribution >= 4 is 51.2 Å². The van der Waals surface area contributed by atoms with Gasteiger partial charge in [-0.15, -0.1) is 0 Å². The largest absolute Gasteiger partial charge is 0.497 e. The summed E-state index contributed by atoms with van der Waals surface area (Å²) in [5, 5.41) is 11.3. The quantitative estimate of drug-likeness (QED) is 0.217. The van der Waals surface area contributed by atoms with Crippen LogP contribution in [0.15, 0.2) is 54.6 Å². The van der Waals surface area contributed by atoms with Gasteiger partial charge in [0.2, 0.25) is 5.91 Å². The highest BCUT2D eigenvalue weighted by atomic mass is 32.1. The lowest BCUT2D eigenvalue weighted by Crippen LogP contribution is -2.29. The molecule has 0 aliphatic rings. The molecule has 5 rings (SSSR count). The van der Waals surface area contributed by atoms with Gasteiger partial charge >= 0.3 is 5.97 Å². The lowest BCUT2D eigenvalue weighted by molar-refractivity contribution is -0.116. The zero-order valence-electron chi connectivity index (χ0n) is 22.8. The molecule has 206 valence electrons. The first-order valence-corrected chi connectivity index (χ1v) is 13.7. The van der Waals surface area contributed by atoms with Gasteiger partial charge in [-0.25, -0.2) is 4.79 Å². The van der Waals surface area contributed by atoms with Crippen LogP contribution in [0.25, 0.3) is 33.1 Å². The molecule has 0 saturated heterocycles. The number of carboxylic acids is 1. The number of benzene rings is 3. The molecule has 0 aliphatic carbocycles. The van der Waals surface area contributed by atoms with Crippen LogP contribution in [0.5, 0.6) is 11.5 Å². The highest BCUT2D eigenvalue weighted by Crippen LogP contribution is 2.43. The molecule has 10 heteroatoms. The van der Waals surface area contributed by atoms with Crippen molar-refractivity contribution in [3.05, 3.63) is 65.9 Å². The summed E-state index contributed by atoms with van der Waals surface area (Å²) in [4.78, 5) is 27.3. The maximum absolute atomic E-state index is 13.0. The molecule has 9 nitrogen and oxygen atoms in total. The molecule has 2 heterocycles. The minimum absolute atomic E-state index is 0.0700. The van der Waals surface area contributed by atoms with Gasteiger partial charge in [0.25, 0.3) is 0 Å². The molecule has 2 aromatic heterocycles. The van der Waals surface area contributed by atoms with E-state index in [-0.39, 0.29) is 11.6 Å². The van der Waals surface area contributed by atoms with Crippen LogP contribution < -0.4 is 14.4 Å². The minimum atomic E-state index is -1.07. The Balaban J connectivity index is 1.79. The maximum atomic E-state index is 13.0. The van der Waals surface area contributed by atoms with Gasteiger partial charge in [0.15, 0.2) is 0 Å². The van der Waals surface area contributed by atoms with Crippen molar-refractivity contribution in [2.24, 2.45) is 0 Å². The molecule has 0 radical (unpaired) electrons. The zero-order valence-corrected chi connectivity index (χ0v) is 23.6. The second-order valence-electron chi connectivity index (χ2n) is 9.49. The van der Waals surface area contributed by atoms with Crippen LogP contribution in [-0.2, 0) is 11.3 Å². The van der Waals surface area contributed by atoms with Crippen molar-refractivity contribution in [2.75, 3.05) is 25.7 Å². The van der Waals surface area contributed by atoms with Crippen LogP contribution >= 0.6 is 11.7 Å². The molecule has 0 unspecified atom stereocenters. The van der Waals surface area contributed by atoms with Crippen LogP contribution in [0.3, 0.4) is 0 Å². The fourth-order valence-corrected chi connectivity index (χ4v) is 5.59. The maximum Gasteiger partial charge on any atom is 0.353 e. The van der Waals surface area contributed by atoms with Crippen molar-refractivity contribution in [3.63, 3.8) is 0 Å². The number of hydrogen-bond donors (Lipinski definition) is 1. The molecule has 0 saturated carbocycles. The number of aromatic nitrogens is 3. The van der Waals surface area contributed by atoms with Gasteiger partial charge < -0.3 is 24.0 Å². The van der Waals surface area contributed by atoms with E-state index in [1.54, 1.807) is 42.7 Å². The van der Waals surface area contributed by atoms with Crippen molar-refractivity contribution in [1.82, 2.24) is 13.3 Å². The second-order valence-corrected chi connectivity index (χ2v) is 10.0. The van der Waals surface area contributed by atoms with Crippen LogP contribution in [0.1, 0.15) is 42.7 Å². The number of amides is 1. The molecule has 0 spiro atoms. The van der Waals surface area contributed by atoms with Crippen LogP contribution in [0.2, 0.25) is 0 Å². The Morgan fingerprint density at radius 1 is 1.00 bits per heavy atom. The van der Waals surface area contributed by atoms with Gasteiger partial charge in [-0.2, -0.15) is 8.75 Å². The monoisotopic (exact) mass is 558 g/mol. The Hall–Kier alpha value is -4.44. The summed E-state index contributed by atoms with van der Waals surface area (Å²) in [5.74, 6) is -0.0686. The van der Waals surface area contributed by atoms with E-state index in [1.165, 1.54) is 0 Å². The zero-order chi connectivity index (χ0) is 28.4. The summed E-state index contributed by atoms with van der Waals surface area (Å²) in [5.41, 5.74) is 5.15. The van der Waals surface area contributed by atoms with Gasteiger partial charge in [0.1, 0.15) is 28.2 Å². The first-order chi connectivity index (χ1) is 19.4. The topological polar surface area (TPSA) is 107 Å². The van der Waals surface area contributed by atoms with Gasteiger partial charge in [-0.05, 0) is 54.4 Å². The molecular weight excluding hydrogens is 528 g/mol. The lowest BCUT2D eigenvalue weighted by Gasteiger charge is -2.21. The molecular formula is C30H30N4O5S. The Morgan fingerprint density at radius 2 is 1.80 bits per heavy atom. The SMILES string of the molecule is CCCCN(C(C)=O)c1ccc2c(c1)c(-c1ccc(OC)cc1OC)c(C(=O)O)n2Cc1ccc2nsnc2c1. The van der Waals surface area contributed by atoms with E-state index >= 15 is 0 Å². The van der Waals surface area contributed by atoms with Crippen LogP contribution in [0.4, 0.5) is 5.69 Å². The molecule has 40 heavy (non-hydrogen) atoms. The normalized spacial score (nSPS) is 11.2. The smallest absolute Gasteiger partial charge is 0.353 e. The predicted molar refractivity (Wildman–Crippen MR) is 157 cm³/mol. The number of hydrogen-bond acceptors (Lipinski definition) is 7. The van der Waals surface area contributed by atoms with E-state index in [0.29, 0.717) is 46.8 Å². The Bertz CT molecular complexity index is 1720. The fraction of sp³-hybridized carbons (Fsp3) is 0.267. The number of unbranched alkanes of at least 4 members (excludes halogenated alkanes) is 1. The van der Waals surface area contributed by atoms with E-state index in [2.05, 4.69) is 15.7 Å². The summed E-state index contributed by atoms with van der Waals surface area (Å²) >= 11 is 1.14. The Kier molecular flexibility index (Phi) is 7.70. The highest BCUT2D eigenvalue weighted by Gasteiger charge is 2.27. The van der Waals surface area contributed by atoms with Crippen molar-refractivity contribution in [1.29, 1.82) is 0 Å². The molecule has 0 fully saturated rings. The van der Waals surface area contributed by atoms with Crippen molar-refractivity contribution < 1.29 is 24.2 Å². The number of ether oxygens (including phenoxy) is 2. The molecule has 0 aliphatic heterocycles. The summed E-state index contributed by atoms with van der Waals surface area (Å²) in [6.07, 6.45) is 1.80. The predicted octanol–water partition coefficient (Wildman–Crippen LogP) is 6.23. The van der Waals surface area contributed by atoms with E-state index in [9.17, 15) is 14.7 Å². The first kappa shape index (κ1) is 27.1. The molecule has 3 aromatic carbocycles. The molecule has 0 atom stereocenters. The second kappa shape index (κ2) is 11.4. The molecule has 0 bridgehead atoms. The summed E-state index contributed by atoms with van der Waals surface area (Å²) in [6, 6.07) is 16.8. The fourth-order valence-electron chi connectivity index (χ4n) is 5.07. The minimum Gasteiger partial charge on any atom is -0.497 e. The highest BCUT2D eigenvalue weighted by molar-refractivity contribution is 7.00. The van der Waals surface area contributed by atoms with Crippen LogP contribution in [-0.4, -0.2) is 51.1 Å². The summed E-state index contributed by atoms with van der Waals surface area (Å²) < 4.78 is 21.5. The van der Waals surface area contributed by atoms with E-state index in [1.807, 2.05) is 42.5 Å². The standard InChI is InChI=1S/C30H30N4O5S/c1-5-6-13-33(18(2)35)20-8-12-26-23(15-20)28(22-10-9-21(38-3)16-27(22)39-4)29(30(36)37)34(26)17-19-7-11-24-25(14-19)32-40-31-24/h7-12,14-16H,5-6,13,17H2,1-4H3,(H,36,37). The molecule has 1 N–H and O–H groups in total. The van der Waals surface area contributed by atoms with Crippen LogP contribution in [0, 0.1) is 0 Å². The van der Waals surface area contributed by atoms with Gasteiger partial charge in [-0.1, -0.05) is 19.4 Å². The van der Waals surface area contributed by atoms with Crippen molar-refractivity contribution in [3.8, 4) is 22.6 Å². The number of nitrogens with zero attached hydrogens (tertiary/aromatic N) is 4. The van der Waals surface area contributed by atoms with Gasteiger partial charge in [0.05, 0.1) is 25.9 Å². The molecule has 5 aromatic rings. The number of rotatable bonds is 10. The number of aromatic carboxylic acids is 1. The van der Waals surface area contributed by atoms with E-state index in [4.69, 9.17) is 9.47 Å². The summed E-state index contributed by atoms with van der Waals surface area (Å²) in [6.45, 7) is 4.50. The van der Waals surface area contributed by atoms with Crippen molar-refractivity contribution in [2.45, 2.75) is 33.2 Å². The third kappa shape index (κ3) is 4.98. The van der Waals surface area contributed by atoms with E-state index < -0.39 is 5.97 Å². The Morgan fingerprint density at radius 3 is 2.50 bits per heavy atom. The third-order valence-electron chi connectivity index (χ3n) is 7.01. The number of anilines is 1. The average molecular weight is 559 g/mol. The average Bonchev–Trinajstić information content (AvgIpc) is 3.54.